The molecule has 0 bridgehead atoms. The van der Waals surface area contributed by atoms with Crippen molar-refractivity contribution in [3.8, 4) is 0 Å². The van der Waals surface area contributed by atoms with E-state index in [-0.39, 0.29) is 5.82 Å². The van der Waals surface area contributed by atoms with Gasteiger partial charge in [-0.15, -0.1) is 0 Å². The number of halogens is 7. The fourth-order valence-corrected chi connectivity index (χ4v) is 4.39. The zero-order chi connectivity index (χ0) is 16.2. The highest BCUT2D eigenvalue weighted by Crippen LogP contribution is 2.33. The zero-order valence-electron chi connectivity index (χ0n) is 10.7. The van der Waals surface area contributed by atoms with Gasteiger partial charge >= 0.3 is 0 Å². The van der Waals surface area contributed by atoms with Crippen molar-refractivity contribution in [2.45, 2.75) is 13.6 Å². The van der Waals surface area contributed by atoms with Gasteiger partial charge < -0.3 is 0 Å². The lowest BCUT2D eigenvalue weighted by molar-refractivity contribution is 0.485. The molecule has 0 aromatic heterocycles. The highest BCUT2D eigenvalue weighted by atomic mass is 79.9. The molecular weight excluding hydrogens is 606 g/mol. The van der Waals surface area contributed by atoms with Gasteiger partial charge in [-0.05, 0) is 90.1 Å². The first-order chi connectivity index (χ1) is 9.76. The second-order valence-electron chi connectivity index (χ2n) is 4.03. The molecule has 0 aliphatic carbocycles. The molecule has 7 heteroatoms. The third kappa shape index (κ3) is 6.01. The lowest BCUT2D eigenvalue weighted by Gasteiger charge is -2.03. The van der Waals surface area contributed by atoms with Crippen molar-refractivity contribution in [2.75, 3.05) is 0 Å². The molecule has 0 atom stereocenters. The number of alkyl halides is 1. The molecule has 0 nitrogen and oxygen atoms in total. The van der Waals surface area contributed by atoms with Crippen LogP contribution in [0.2, 0.25) is 0 Å². The van der Waals surface area contributed by atoms with Gasteiger partial charge in [-0.2, -0.15) is 0 Å². The Hall–Kier alpha value is 0.700. The molecule has 0 aliphatic heterocycles. The van der Waals surface area contributed by atoms with Crippen LogP contribution in [0.15, 0.2) is 46.6 Å². The molecule has 0 unspecified atom stereocenters. The summed E-state index contributed by atoms with van der Waals surface area (Å²) in [5.74, 6) is -0.275. The van der Waals surface area contributed by atoms with Crippen LogP contribution >= 0.6 is 79.6 Å². The van der Waals surface area contributed by atoms with Gasteiger partial charge in [0.2, 0.25) is 0 Å². The van der Waals surface area contributed by atoms with Crippen molar-refractivity contribution >= 4 is 79.6 Å². The summed E-state index contributed by atoms with van der Waals surface area (Å²) < 4.78 is 28.6. The Kier molecular flexibility index (Phi) is 8.56. The number of hydrogen-bond donors (Lipinski definition) is 0. The first-order valence-corrected chi connectivity index (χ1v) is 9.53. The predicted molar refractivity (Wildman–Crippen MR) is 101 cm³/mol. The molecule has 21 heavy (non-hydrogen) atoms. The normalized spacial score (nSPS) is 10.1. The third-order valence-electron chi connectivity index (χ3n) is 2.36. The SMILES string of the molecule is Cc1cc(Br)c(F)c(Br)c1Br.FCc1cc(Br)cc(Br)c1. The summed E-state index contributed by atoms with van der Waals surface area (Å²) in [6, 6.07) is 7.11. The summed E-state index contributed by atoms with van der Waals surface area (Å²) in [6.45, 7) is 1.48. The van der Waals surface area contributed by atoms with Crippen LogP contribution in [0.5, 0.6) is 0 Å². The summed E-state index contributed by atoms with van der Waals surface area (Å²) in [7, 11) is 0. The molecule has 2 aromatic rings. The minimum absolute atomic E-state index is 0.275. The van der Waals surface area contributed by atoms with E-state index in [2.05, 4.69) is 79.6 Å². The van der Waals surface area contributed by atoms with Gasteiger partial charge in [0.25, 0.3) is 0 Å². The molecule has 2 aromatic carbocycles. The van der Waals surface area contributed by atoms with Crippen LogP contribution in [0.1, 0.15) is 11.1 Å². The summed E-state index contributed by atoms with van der Waals surface area (Å²) in [6.07, 6.45) is 0. The van der Waals surface area contributed by atoms with Crippen LogP contribution in [0.25, 0.3) is 0 Å². The Labute approximate surface area is 164 Å². The molecule has 0 saturated carbocycles. The lowest BCUT2D eigenvalue weighted by Crippen LogP contribution is -1.85. The van der Waals surface area contributed by atoms with Crippen LogP contribution in [-0.4, -0.2) is 0 Å². The van der Waals surface area contributed by atoms with E-state index in [1.54, 1.807) is 18.2 Å². The fourth-order valence-electron chi connectivity index (χ4n) is 1.38. The standard InChI is InChI=1S/C7H4Br3F.C7H5Br2F/c1-3-2-4(8)7(11)6(10)5(3)9;8-6-1-5(4-10)2-7(9)3-6/h2H,1H3;1-3H,4H2. The van der Waals surface area contributed by atoms with Crippen molar-refractivity contribution in [1.82, 2.24) is 0 Å². The molecule has 0 amide bonds. The summed E-state index contributed by atoms with van der Waals surface area (Å²) in [5, 5.41) is 0. The second kappa shape index (κ2) is 9.11. The number of aryl methyl sites for hydroxylation is 1. The number of hydrogen-bond acceptors (Lipinski definition) is 0. The molecule has 0 fully saturated rings. The summed E-state index contributed by atoms with van der Waals surface area (Å²) >= 11 is 16.0. The molecule has 0 heterocycles. The minimum Gasteiger partial charge on any atom is -0.246 e. The van der Waals surface area contributed by atoms with E-state index in [1.165, 1.54) is 0 Å². The van der Waals surface area contributed by atoms with E-state index in [0.29, 0.717) is 14.5 Å². The monoisotopic (exact) mass is 610 g/mol. The van der Waals surface area contributed by atoms with Crippen LogP contribution in [0.3, 0.4) is 0 Å². The smallest absolute Gasteiger partial charge is 0.152 e. The molecule has 0 spiro atoms. The Morgan fingerprint density at radius 3 is 1.86 bits per heavy atom. The van der Waals surface area contributed by atoms with Gasteiger partial charge in [0.15, 0.2) is 5.82 Å². The third-order valence-corrected chi connectivity index (χ3v) is 6.15. The van der Waals surface area contributed by atoms with E-state index in [4.69, 9.17) is 0 Å². The van der Waals surface area contributed by atoms with Crippen LogP contribution in [-0.2, 0) is 6.67 Å². The van der Waals surface area contributed by atoms with Crippen LogP contribution < -0.4 is 0 Å². The Morgan fingerprint density at radius 1 is 0.857 bits per heavy atom. The molecular formula is C14H9Br5F2. The highest BCUT2D eigenvalue weighted by molar-refractivity contribution is 9.13. The van der Waals surface area contributed by atoms with E-state index in [9.17, 15) is 8.78 Å². The number of rotatable bonds is 1. The quantitative estimate of drug-likeness (QED) is 0.225. The minimum atomic E-state index is -0.419. The Morgan fingerprint density at radius 2 is 1.38 bits per heavy atom. The van der Waals surface area contributed by atoms with E-state index in [1.807, 2.05) is 13.0 Å². The molecule has 0 aliphatic rings. The zero-order valence-corrected chi connectivity index (χ0v) is 18.6. The maximum Gasteiger partial charge on any atom is 0.152 e. The highest BCUT2D eigenvalue weighted by Gasteiger charge is 2.10. The second-order valence-corrected chi connectivity index (χ2v) is 8.30. The van der Waals surface area contributed by atoms with Crippen molar-refractivity contribution in [1.29, 1.82) is 0 Å². The predicted octanol–water partition coefficient (Wildman–Crippen LogP) is 8.10. The molecule has 0 N–H and O–H groups in total. The maximum atomic E-state index is 13.0. The average molecular weight is 615 g/mol. The van der Waals surface area contributed by atoms with E-state index < -0.39 is 6.67 Å². The first kappa shape index (κ1) is 19.7. The molecule has 2 rings (SSSR count). The van der Waals surface area contributed by atoms with Gasteiger partial charge in [0, 0.05) is 13.4 Å². The van der Waals surface area contributed by atoms with Crippen molar-refractivity contribution in [2.24, 2.45) is 0 Å². The van der Waals surface area contributed by atoms with Gasteiger partial charge in [0.1, 0.15) is 6.67 Å². The van der Waals surface area contributed by atoms with Gasteiger partial charge in [-0.25, -0.2) is 8.78 Å². The summed E-state index contributed by atoms with van der Waals surface area (Å²) in [4.78, 5) is 0. The van der Waals surface area contributed by atoms with Gasteiger partial charge in [0.05, 0.1) is 8.95 Å². The van der Waals surface area contributed by atoms with Crippen LogP contribution in [0, 0.1) is 12.7 Å². The lowest BCUT2D eigenvalue weighted by atomic mass is 10.2. The van der Waals surface area contributed by atoms with E-state index >= 15 is 0 Å². The largest absolute Gasteiger partial charge is 0.246 e. The molecule has 0 saturated heterocycles. The first-order valence-electron chi connectivity index (χ1n) is 5.56. The number of benzene rings is 2. The molecule has 114 valence electrons. The topological polar surface area (TPSA) is 0 Å². The molecule has 0 radical (unpaired) electrons. The van der Waals surface area contributed by atoms with Crippen molar-refractivity contribution < 1.29 is 8.78 Å². The van der Waals surface area contributed by atoms with E-state index in [0.717, 1.165) is 19.0 Å². The Balaban J connectivity index is 0.000000211. The summed E-state index contributed by atoms with van der Waals surface area (Å²) in [5.41, 5.74) is 1.67. The van der Waals surface area contributed by atoms with Gasteiger partial charge in [-0.3, -0.25) is 0 Å². The van der Waals surface area contributed by atoms with Crippen LogP contribution in [0.4, 0.5) is 8.78 Å². The van der Waals surface area contributed by atoms with Crippen molar-refractivity contribution in [3.05, 3.63) is 63.6 Å². The average Bonchev–Trinajstić information content (AvgIpc) is 2.42. The Bertz CT molecular complexity index is 597. The maximum absolute atomic E-state index is 13.0. The fraction of sp³-hybridized carbons (Fsp3) is 0.143. The van der Waals surface area contributed by atoms with Gasteiger partial charge in [-0.1, -0.05) is 31.9 Å². The van der Waals surface area contributed by atoms with Crippen molar-refractivity contribution in [3.63, 3.8) is 0 Å².